The van der Waals surface area contributed by atoms with Crippen molar-refractivity contribution in [3.05, 3.63) is 59.7 Å². The van der Waals surface area contributed by atoms with Gasteiger partial charge >= 0.3 is 6.03 Å². The highest BCUT2D eigenvalue weighted by Crippen LogP contribution is 2.28. The van der Waals surface area contributed by atoms with Gasteiger partial charge < -0.3 is 9.80 Å². The third-order valence-electron chi connectivity index (χ3n) is 6.20. The van der Waals surface area contributed by atoms with Crippen LogP contribution in [-0.4, -0.2) is 61.7 Å². The highest BCUT2D eigenvalue weighted by molar-refractivity contribution is 7.89. The fourth-order valence-electron chi connectivity index (χ4n) is 4.32. The molecule has 0 spiro atoms. The monoisotopic (exact) mass is 463 g/mol. The Hall–Kier alpha value is -2.52. The lowest BCUT2D eigenvalue weighted by atomic mass is 9.97. The van der Waals surface area contributed by atoms with Crippen LogP contribution in [0.4, 0.5) is 13.6 Å². The molecule has 0 aromatic heterocycles. The van der Waals surface area contributed by atoms with E-state index >= 15 is 0 Å². The number of urea groups is 1. The predicted octanol–water partition coefficient (Wildman–Crippen LogP) is 3.38. The number of hydrogen-bond donors (Lipinski definition) is 1. The molecule has 2 saturated heterocycles. The van der Waals surface area contributed by atoms with E-state index in [1.54, 1.807) is 28.9 Å². The summed E-state index contributed by atoms with van der Waals surface area (Å²) < 4.78 is 54.6. The van der Waals surface area contributed by atoms with Crippen LogP contribution < -0.4 is 4.72 Å². The average Bonchev–Trinajstić information content (AvgIpc) is 3.07. The summed E-state index contributed by atoms with van der Waals surface area (Å²) >= 11 is 0. The Morgan fingerprint density at radius 3 is 2.41 bits per heavy atom. The van der Waals surface area contributed by atoms with Gasteiger partial charge in [-0.15, -0.1) is 0 Å². The fourth-order valence-corrected chi connectivity index (χ4v) is 5.23. The molecule has 0 bridgehead atoms. The zero-order chi connectivity index (χ0) is 22.9. The molecule has 0 radical (unpaired) electrons. The summed E-state index contributed by atoms with van der Waals surface area (Å²) in [5.74, 6) is -1.33. The Bertz CT molecular complexity index is 1090. The fraction of sp³-hybridized carbons (Fsp3) is 0.435. The molecule has 9 heteroatoms. The van der Waals surface area contributed by atoms with Crippen molar-refractivity contribution in [1.82, 2.24) is 14.5 Å². The normalized spacial score (nSPS) is 21.0. The summed E-state index contributed by atoms with van der Waals surface area (Å²) in [5.41, 5.74) is 1.94. The van der Waals surface area contributed by atoms with E-state index in [2.05, 4.69) is 4.72 Å². The molecule has 2 aromatic rings. The van der Waals surface area contributed by atoms with Crippen molar-refractivity contribution in [2.45, 2.75) is 38.3 Å². The molecule has 4 rings (SSSR count). The first-order chi connectivity index (χ1) is 15.3. The third-order valence-corrected chi connectivity index (χ3v) is 7.62. The molecule has 0 unspecified atom stereocenters. The molecule has 2 heterocycles. The van der Waals surface area contributed by atoms with Crippen LogP contribution in [-0.2, 0) is 16.4 Å². The van der Waals surface area contributed by atoms with Gasteiger partial charge in [0, 0.05) is 31.7 Å². The first kappa shape index (κ1) is 22.7. The number of sulfonamides is 1. The molecule has 172 valence electrons. The molecule has 2 aliphatic heterocycles. The van der Waals surface area contributed by atoms with Gasteiger partial charge in [-0.2, -0.15) is 0 Å². The maximum atomic E-state index is 13.7. The van der Waals surface area contributed by atoms with E-state index < -0.39 is 21.7 Å². The van der Waals surface area contributed by atoms with Crippen molar-refractivity contribution in [1.29, 1.82) is 0 Å². The Morgan fingerprint density at radius 1 is 1.06 bits per heavy atom. The molecule has 2 atom stereocenters. The lowest BCUT2D eigenvalue weighted by Crippen LogP contribution is -2.54. The molecular formula is C23H27F2N3O3S. The van der Waals surface area contributed by atoms with Gasteiger partial charge in [0.15, 0.2) is 0 Å². The van der Waals surface area contributed by atoms with Gasteiger partial charge in [-0.3, -0.25) is 0 Å². The molecule has 0 saturated carbocycles. The first-order valence-electron chi connectivity index (χ1n) is 10.9. The number of nitrogens with one attached hydrogen (secondary N) is 1. The van der Waals surface area contributed by atoms with E-state index in [0.29, 0.717) is 43.6 Å². The van der Waals surface area contributed by atoms with Gasteiger partial charge in [0.2, 0.25) is 10.0 Å². The van der Waals surface area contributed by atoms with Gasteiger partial charge in [0.1, 0.15) is 11.6 Å². The molecule has 2 aromatic carbocycles. The van der Waals surface area contributed by atoms with Gasteiger partial charge in [-0.25, -0.2) is 26.7 Å². The molecule has 0 aliphatic carbocycles. The maximum Gasteiger partial charge on any atom is 0.320 e. The topological polar surface area (TPSA) is 69.7 Å². The minimum atomic E-state index is -3.43. The number of benzene rings is 2. The van der Waals surface area contributed by atoms with Gasteiger partial charge in [-0.1, -0.05) is 24.3 Å². The number of rotatable bonds is 6. The largest absolute Gasteiger partial charge is 0.325 e. The second-order valence-electron chi connectivity index (χ2n) is 8.36. The molecule has 32 heavy (non-hydrogen) atoms. The molecule has 2 aliphatic rings. The molecule has 6 nitrogen and oxygen atoms in total. The van der Waals surface area contributed by atoms with E-state index in [-0.39, 0.29) is 23.9 Å². The van der Waals surface area contributed by atoms with Crippen LogP contribution in [0.15, 0.2) is 42.5 Å². The van der Waals surface area contributed by atoms with Gasteiger partial charge in [-0.05, 0) is 55.0 Å². The van der Waals surface area contributed by atoms with Gasteiger partial charge in [0.05, 0.1) is 11.8 Å². The summed E-state index contributed by atoms with van der Waals surface area (Å²) in [4.78, 5) is 16.5. The van der Waals surface area contributed by atoms with Crippen LogP contribution in [0.1, 0.15) is 25.3 Å². The zero-order valence-corrected chi connectivity index (χ0v) is 18.7. The van der Waals surface area contributed by atoms with Gasteiger partial charge in [0.25, 0.3) is 0 Å². The quantitative estimate of drug-likeness (QED) is 0.714. The Kier molecular flexibility index (Phi) is 6.48. The van der Waals surface area contributed by atoms with Crippen molar-refractivity contribution in [3.8, 4) is 11.1 Å². The number of halogens is 2. The Balaban J connectivity index is 1.61. The van der Waals surface area contributed by atoms with Crippen molar-refractivity contribution >= 4 is 16.1 Å². The molecular weight excluding hydrogens is 436 g/mol. The number of carbonyl (C=O) groups excluding carboxylic acids is 1. The van der Waals surface area contributed by atoms with Crippen LogP contribution >= 0.6 is 0 Å². The third kappa shape index (κ3) is 4.94. The highest BCUT2D eigenvalue weighted by Gasteiger charge is 2.41. The zero-order valence-electron chi connectivity index (χ0n) is 17.9. The highest BCUT2D eigenvalue weighted by atomic mass is 32.2. The second-order valence-corrected chi connectivity index (χ2v) is 10.4. The maximum absolute atomic E-state index is 13.7. The van der Waals surface area contributed by atoms with Crippen molar-refractivity contribution in [3.63, 3.8) is 0 Å². The van der Waals surface area contributed by atoms with Crippen molar-refractivity contribution in [2.75, 3.05) is 25.4 Å². The number of carbonyl (C=O) groups is 1. The summed E-state index contributed by atoms with van der Waals surface area (Å²) in [7, 11) is -3.43. The summed E-state index contributed by atoms with van der Waals surface area (Å²) in [6.07, 6.45) is 1.95. The summed E-state index contributed by atoms with van der Waals surface area (Å²) in [6.45, 7) is 3.49. The Labute approximate surface area is 187 Å². The molecule has 1 N–H and O–H groups in total. The first-order valence-corrected chi connectivity index (χ1v) is 12.5. The van der Waals surface area contributed by atoms with Crippen molar-refractivity contribution in [2.24, 2.45) is 0 Å². The van der Waals surface area contributed by atoms with Crippen LogP contribution in [0.5, 0.6) is 0 Å². The van der Waals surface area contributed by atoms with Crippen LogP contribution in [0, 0.1) is 11.6 Å². The Morgan fingerprint density at radius 2 is 1.78 bits per heavy atom. The number of nitrogens with zero attached hydrogens (tertiary/aromatic N) is 2. The van der Waals surface area contributed by atoms with E-state index in [4.69, 9.17) is 0 Å². The average molecular weight is 464 g/mol. The number of hydrogen-bond acceptors (Lipinski definition) is 3. The predicted molar refractivity (Wildman–Crippen MR) is 119 cm³/mol. The SMILES string of the molecule is CCS(=O)(=O)N[C@H]1CCN(C(=O)N2CCC2)[C@H]1Cc1cccc(-c2cc(F)cc(F)c2)c1. The second kappa shape index (κ2) is 9.15. The summed E-state index contributed by atoms with van der Waals surface area (Å²) in [6, 6.07) is 9.87. The van der Waals surface area contributed by atoms with E-state index in [1.165, 1.54) is 12.1 Å². The van der Waals surface area contributed by atoms with Crippen LogP contribution in [0.2, 0.25) is 0 Å². The molecule has 2 amide bonds. The smallest absolute Gasteiger partial charge is 0.320 e. The van der Waals surface area contributed by atoms with E-state index in [9.17, 15) is 22.0 Å². The lowest BCUT2D eigenvalue weighted by Gasteiger charge is -2.38. The number of likely N-dealkylation sites (tertiary alicyclic amines) is 2. The van der Waals surface area contributed by atoms with E-state index in [0.717, 1.165) is 18.1 Å². The van der Waals surface area contributed by atoms with Crippen molar-refractivity contribution < 1.29 is 22.0 Å². The minimum absolute atomic E-state index is 0.0308. The summed E-state index contributed by atoms with van der Waals surface area (Å²) in [5, 5.41) is 0. The standard InChI is InChI=1S/C23H27F2N3O3S/c1-2-32(30,31)26-21-7-10-28(23(29)27-8-4-9-27)22(21)12-16-5-3-6-17(11-16)18-13-19(24)15-20(25)14-18/h3,5-6,11,13-15,21-22,26H,2,4,7-10,12H2,1H3/t21-,22-/m0/s1. The van der Waals surface area contributed by atoms with Crippen LogP contribution in [0.3, 0.4) is 0 Å². The minimum Gasteiger partial charge on any atom is -0.325 e. The number of amides is 2. The lowest BCUT2D eigenvalue weighted by molar-refractivity contribution is 0.120. The molecule has 2 fully saturated rings. The van der Waals surface area contributed by atoms with Crippen LogP contribution in [0.25, 0.3) is 11.1 Å². The van der Waals surface area contributed by atoms with E-state index in [1.807, 2.05) is 12.1 Å².